The smallest absolute Gasteiger partial charge is 0.254 e. The van der Waals surface area contributed by atoms with Crippen molar-refractivity contribution >= 4 is 17.5 Å². The molecule has 2 heterocycles. The summed E-state index contributed by atoms with van der Waals surface area (Å²) in [5.41, 5.74) is 0.562. The van der Waals surface area contributed by atoms with Crippen LogP contribution in [0.1, 0.15) is 57.3 Å². The Morgan fingerprint density at radius 2 is 1.81 bits per heavy atom. The number of nitrogens with zero attached hydrogens (tertiary/aromatic N) is 2. The Labute approximate surface area is 191 Å². The van der Waals surface area contributed by atoms with Gasteiger partial charge in [0.1, 0.15) is 0 Å². The number of hydrogen-bond acceptors (Lipinski definition) is 5. The molecule has 1 aromatic carbocycles. The van der Waals surface area contributed by atoms with Crippen LogP contribution in [-0.2, 0) is 4.74 Å². The molecular weight excluding hydrogens is 416 g/mol. The largest absolute Gasteiger partial charge is 0.490 e. The van der Waals surface area contributed by atoms with Crippen molar-refractivity contribution in [1.82, 2.24) is 9.80 Å². The summed E-state index contributed by atoms with van der Waals surface area (Å²) in [6.45, 7) is 13.9. The Balaban J connectivity index is 1.59. The van der Waals surface area contributed by atoms with Gasteiger partial charge in [0.2, 0.25) is 0 Å². The van der Waals surface area contributed by atoms with Crippen molar-refractivity contribution in [2.45, 2.75) is 59.2 Å². The lowest BCUT2D eigenvalue weighted by Gasteiger charge is -2.39. The van der Waals surface area contributed by atoms with Crippen molar-refractivity contribution in [2.24, 2.45) is 5.92 Å². The highest BCUT2D eigenvalue weighted by molar-refractivity contribution is 6.32. The Kier molecular flexibility index (Phi) is 8.87. The van der Waals surface area contributed by atoms with E-state index in [1.165, 1.54) is 0 Å². The minimum absolute atomic E-state index is 0.0111. The summed E-state index contributed by atoms with van der Waals surface area (Å²) in [6, 6.07) is 3.48. The van der Waals surface area contributed by atoms with Gasteiger partial charge < -0.3 is 19.1 Å². The summed E-state index contributed by atoms with van der Waals surface area (Å²) in [5, 5.41) is 0.424. The maximum absolute atomic E-state index is 13.2. The zero-order chi connectivity index (χ0) is 22.4. The Morgan fingerprint density at radius 3 is 2.42 bits per heavy atom. The summed E-state index contributed by atoms with van der Waals surface area (Å²) in [4.78, 5) is 17.6. The van der Waals surface area contributed by atoms with Crippen LogP contribution in [0.3, 0.4) is 0 Å². The predicted octanol–water partition coefficient (Wildman–Crippen LogP) is 4.49. The molecule has 2 fully saturated rings. The summed E-state index contributed by atoms with van der Waals surface area (Å²) in [6.07, 6.45) is 3.50. The molecule has 0 radical (unpaired) electrons. The molecule has 2 atom stereocenters. The maximum Gasteiger partial charge on any atom is 0.254 e. The highest BCUT2D eigenvalue weighted by Crippen LogP contribution is 2.37. The number of likely N-dealkylation sites (tertiary alicyclic amines) is 1. The first kappa shape index (κ1) is 24.1. The number of piperidine rings is 1. The molecule has 2 saturated heterocycles. The molecule has 7 heteroatoms. The lowest BCUT2D eigenvalue weighted by Crippen LogP contribution is -2.48. The topological polar surface area (TPSA) is 51.2 Å². The Bertz CT molecular complexity index is 727. The molecule has 0 spiro atoms. The van der Waals surface area contributed by atoms with Crippen molar-refractivity contribution in [3.63, 3.8) is 0 Å². The predicted molar refractivity (Wildman–Crippen MR) is 123 cm³/mol. The summed E-state index contributed by atoms with van der Waals surface area (Å²) in [5.74, 6) is 1.69. The fourth-order valence-corrected chi connectivity index (χ4v) is 4.86. The van der Waals surface area contributed by atoms with Crippen molar-refractivity contribution in [2.75, 3.05) is 45.9 Å². The third-order valence-electron chi connectivity index (χ3n) is 5.92. The van der Waals surface area contributed by atoms with E-state index in [2.05, 4.69) is 18.7 Å². The normalized spacial score (nSPS) is 23.1. The van der Waals surface area contributed by atoms with Crippen molar-refractivity contribution in [3.05, 3.63) is 22.7 Å². The molecule has 0 bridgehead atoms. The monoisotopic (exact) mass is 452 g/mol. The van der Waals surface area contributed by atoms with E-state index in [-0.39, 0.29) is 5.91 Å². The SMILES string of the molecule is CCCOc1c(Cl)cc(C(=O)N2CCC(CN3CC(C)OC(C)C3)CC2)cc1OCC. The second-order valence-electron chi connectivity index (χ2n) is 8.78. The molecule has 0 N–H and O–H groups in total. The minimum atomic E-state index is 0.0111. The molecule has 31 heavy (non-hydrogen) atoms. The Hall–Kier alpha value is -1.50. The molecule has 2 unspecified atom stereocenters. The van der Waals surface area contributed by atoms with E-state index in [0.29, 0.717) is 53.4 Å². The molecule has 2 aliphatic heterocycles. The average Bonchev–Trinajstić information content (AvgIpc) is 2.72. The van der Waals surface area contributed by atoms with Crippen LogP contribution in [0, 0.1) is 5.92 Å². The molecule has 2 aliphatic rings. The quantitative estimate of drug-likeness (QED) is 0.581. The second kappa shape index (κ2) is 11.4. The molecule has 1 aromatic rings. The van der Waals surface area contributed by atoms with Crippen LogP contribution in [0.5, 0.6) is 11.5 Å². The Morgan fingerprint density at radius 1 is 1.13 bits per heavy atom. The first-order valence-corrected chi connectivity index (χ1v) is 12.0. The van der Waals surface area contributed by atoms with Crippen LogP contribution in [0.25, 0.3) is 0 Å². The number of rotatable bonds is 8. The molecule has 174 valence electrons. The van der Waals surface area contributed by atoms with Gasteiger partial charge in [-0.05, 0) is 58.1 Å². The average molecular weight is 453 g/mol. The maximum atomic E-state index is 13.2. The van der Waals surface area contributed by atoms with Gasteiger partial charge in [0, 0.05) is 38.3 Å². The minimum Gasteiger partial charge on any atom is -0.490 e. The number of hydrogen-bond donors (Lipinski definition) is 0. The van der Waals surface area contributed by atoms with Gasteiger partial charge in [0.15, 0.2) is 11.5 Å². The van der Waals surface area contributed by atoms with E-state index in [0.717, 1.165) is 52.0 Å². The third kappa shape index (κ3) is 6.50. The lowest BCUT2D eigenvalue weighted by atomic mass is 9.95. The highest BCUT2D eigenvalue weighted by atomic mass is 35.5. The van der Waals surface area contributed by atoms with E-state index in [1.807, 2.05) is 18.7 Å². The van der Waals surface area contributed by atoms with E-state index in [9.17, 15) is 4.79 Å². The number of benzene rings is 1. The standard InChI is InChI=1S/C24H37ClN2O4/c1-5-11-30-23-21(25)12-20(13-22(23)29-6-2)24(28)27-9-7-19(8-10-27)16-26-14-17(3)31-18(4)15-26/h12-13,17-19H,5-11,14-16H2,1-4H3. The first-order valence-electron chi connectivity index (χ1n) is 11.7. The molecule has 0 saturated carbocycles. The second-order valence-corrected chi connectivity index (χ2v) is 9.19. The molecule has 0 aliphatic carbocycles. The highest BCUT2D eigenvalue weighted by Gasteiger charge is 2.29. The van der Waals surface area contributed by atoms with Crippen LogP contribution in [-0.4, -0.2) is 73.9 Å². The van der Waals surface area contributed by atoms with Gasteiger partial charge >= 0.3 is 0 Å². The number of amides is 1. The van der Waals surface area contributed by atoms with E-state index in [1.54, 1.807) is 12.1 Å². The van der Waals surface area contributed by atoms with Crippen LogP contribution in [0.4, 0.5) is 0 Å². The molecule has 0 aromatic heterocycles. The van der Waals surface area contributed by atoms with Gasteiger partial charge in [-0.1, -0.05) is 18.5 Å². The van der Waals surface area contributed by atoms with Crippen LogP contribution < -0.4 is 9.47 Å². The number of morpholine rings is 1. The number of halogens is 1. The van der Waals surface area contributed by atoms with E-state index < -0.39 is 0 Å². The molecule has 6 nitrogen and oxygen atoms in total. The fourth-order valence-electron chi connectivity index (χ4n) is 4.60. The zero-order valence-electron chi connectivity index (χ0n) is 19.4. The number of ether oxygens (including phenoxy) is 3. The summed E-state index contributed by atoms with van der Waals surface area (Å²) < 4.78 is 17.3. The number of carbonyl (C=O) groups excluding carboxylic acids is 1. The molecule has 3 rings (SSSR count). The first-order chi connectivity index (χ1) is 14.9. The summed E-state index contributed by atoms with van der Waals surface area (Å²) >= 11 is 6.45. The van der Waals surface area contributed by atoms with Crippen molar-refractivity contribution in [1.29, 1.82) is 0 Å². The van der Waals surface area contributed by atoms with Gasteiger partial charge in [-0.3, -0.25) is 9.69 Å². The lowest BCUT2D eigenvalue weighted by molar-refractivity contribution is -0.0728. The van der Waals surface area contributed by atoms with Gasteiger partial charge in [0.25, 0.3) is 5.91 Å². The van der Waals surface area contributed by atoms with Gasteiger partial charge in [-0.2, -0.15) is 0 Å². The summed E-state index contributed by atoms with van der Waals surface area (Å²) in [7, 11) is 0. The van der Waals surface area contributed by atoms with Crippen molar-refractivity contribution in [3.8, 4) is 11.5 Å². The van der Waals surface area contributed by atoms with Crippen molar-refractivity contribution < 1.29 is 19.0 Å². The van der Waals surface area contributed by atoms with E-state index in [4.69, 9.17) is 25.8 Å². The van der Waals surface area contributed by atoms with E-state index >= 15 is 0 Å². The van der Waals surface area contributed by atoms with Gasteiger partial charge in [-0.15, -0.1) is 0 Å². The molecular formula is C24H37ClN2O4. The fraction of sp³-hybridized carbons (Fsp3) is 0.708. The third-order valence-corrected chi connectivity index (χ3v) is 6.20. The van der Waals surface area contributed by atoms with Crippen LogP contribution >= 0.6 is 11.6 Å². The van der Waals surface area contributed by atoms with Gasteiger partial charge in [0.05, 0.1) is 30.4 Å². The molecule has 1 amide bonds. The number of carbonyl (C=O) groups is 1. The van der Waals surface area contributed by atoms with Crippen LogP contribution in [0.15, 0.2) is 12.1 Å². The van der Waals surface area contributed by atoms with Gasteiger partial charge in [-0.25, -0.2) is 0 Å². The van der Waals surface area contributed by atoms with Crippen LogP contribution in [0.2, 0.25) is 5.02 Å². The zero-order valence-corrected chi connectivity index (χ0v) is 20.1.